The second-order valence-corrected chi connectivity index (χ2v) is 5.96. The van der Waals surface area contributed by atoms with Crippen LogP contribution in [-0.2, 0) is 11.4 Å². The second kappa shape index (κ2) is 8.09. The van der Waals surface area contributed by atoms with E-state index in [1.54, 1.807) is 26.1 Å². The highest BCUT2D eigenvalue weighted by atomic mass is 19.1. The molecule has 0 saturated heterocycles. The lowest BCUT2D eigenvalue weighted by molar-refractivity contribution is 0.0662. The molecule has 8 nitrogen and oxygen atoms in total. The van der Waals surface area contributed by atoms with Gasteiger partial charge in [0.1, 0.15) is 17.2 Å². The highest BCUT2D eigenvalue weighted by Crippen LogP contribution is 2.18. The summed E-state index contributed by atoms with van der Waals surface area (Å²) < 4.78 is 18.4. The van der Waals surface area contributed by atoms with Gasteiger partial charge in [-0.05, 0) is 37.7 Å². The van der Waals surface area contributed by atoms with Crippen molar-refractivity contribution < 1.29 is 18.8 Å². The van der Waals surface area contributed by atoms with Crippen molar-refractivity contribution >= 4 is 11.6 Å². The molecule has 9 heteroatoms. The largest absolute Gasteiger partial charge is 0.494 e. The van der Waals surface area contributed by atoms with Crippen molar-refractivity contribution in [3.05, 3.63) is 52.9 Å². The van der Waals surface area contributed by atoms with Crippen LogP contribution in [0.5, 0.6) is 5.75 Å². The molecule has 1 aliphatic rings. The lowest BCUT2D eigenvalue weighted by atomic mass is 10.1. The number of oxime groups is 1. The predicted molar refractivity (Wildman–Crippen MR) is 96.0 cm³/mol. The van der Waals surface area contributed by atoms with Gasteiger partial charge in [-0.2, -0.15) is 0 Å². The minimum absolute atomic E-state index is 0.125. The van der Waals surface area contributed by atoms with Crippen molar-refractivity contribution in [2.24, 2.45) is 5.16 Å². The van der Waals surface area contributed by atoms with Crippen molar-refractivity contribution in [3.63, 3.8) is 0 Å². The van der Waals surface area contributed by atoms with Gasteiger partial charge in [-0.3, -0.25) is 10.1 Å². The molecule has 3 rings (SSSR count). The maximum Gasteiger partial charge on any atom is 0.270 e. The first-order valence-electron chi connectivity index (χ1n) is 8.36. The predicted octanol–water partition coefficient (Wildman–Crippen LogP) is 1.53. The van der Waals surface area contributed by atoms with Gasteiger partial charge in [0.15, 0.2) is 17.8 Å². The van der Waals surface area contributed by atoms with Crippen molar-refractivity contribution in [1.29, 1.82) is 0 Å². The van der Waals surface area contributed by atoms with Gasteiger partial charge >= 0.3 is 0 Å². The molecule has 1 aromatic heterocycles. The average Bonchev–Trinajstić information content (AvgIpc) is 3.16. The van der Waals surface area contributed by atoms with Gasteiger partial charge in [-0.15, -0.1) is 0 Å². The number of rotatable bonds is 6. The average molecular weight is 373 g/mol. The summed E-state index contributed by atoms with van der Waals surface area (Å²) in [5, 5.41) is 9.73. The number of nitrogens with one attached hydrogen (secondary N) is 2. The summed E-state index contributed by atoms with van der Waals surface area (Å²) >= 11 is 0. The van der Waals surface area contributed by atoms with Gasteiger partial charge in [0.25, 0.3) is 5.91 Å². The molecule has 0 fully saturated rings. The van der Waals surface area contributed by atoms with Gasteiger partial charge in [0, 0.05) is 13.0 Å². The van der Waals surface area contributed by atoms with Crippen LogP contribution in [0.25, 0.3) is 0 Å². The van der Waals surface area contributed by atoms with Crippen LogP contribution in [0.2, 0.25) is 0 Å². The van der Waals surface area contributed by atoms with Gasteiger partial charge < -0.3 is 14.9 Å². The zero-order valence-electron chi connectivity index (χ0n) is 15.2. The molecule has 1 amide bonds. The van der Waals surface area contributed by atoms with Gasteiger partial charge in [-0.25, -0.2) is 14.4 Å². The fourth-order valence-electron chi connectivity index (χ4n) is 2.60. The van der Waals surface area contributed by atoms with Crippen LogP contribution >= 0.6 is 0 Å². The molecule has 0 bridgehead atoms. The number of carbonyl (C=O) groups excluding carboxylic acids is 1. The first kappa shape index (κ1) is 18.7. The number of hydrogen-bond donors (Lipinski definition) is 2. The van der Waals surface area contributed by atoms with Gasteiger partial charge in [0.05, 0.1) is 12.8 Å². The van der Waals surface area contributed by atoms with E-state index in [1.165, 1.54) is 19.2 Å². The Kier molecular flexibility index (Phi) is 5.60. The molecule has 0 aliphatic carbocycles. The maximum atomic E-state index is 13.5. The number of carbonyl (C=O) groups is 1. The zero-order chi connectivity index (χ0) is 19.4. The van der Waals surface area contributed by atoms with E-state index in [0.29, 0.717) is 29.2 Å². The second-order valence-electron chi connectivity index (χ2n) is 5.96. The molecule has 1 atom stereocenters. The van der Waals surface area contributed by atoms with Crippen molar-refractivity contribution in [2.75, 3.05) is 14.2 Å². The standard InChI is InChI=1S/C18H20FN5O3/c1-10-22-13(14-8-17(20-2)27-24-14)7-15(23-10)18(25)21-9-11-4-5-12(19)16(6-11)26-3/h4-7,17,20H,8-9H2,1-3H3,(H,21,25). The monoisotopic (exact) mass is 373 g/mol. The Balaban J connectivity index is 1.71. The van der Waals surface area contributed by atoms with E-state index in [4.69, 9.17) is 9.57 Å². The van der Waals surface area contributed by atoms with Gasteiger partial charge in [-0.1, -0.05) is 11.2 Å². The van der Waals surface area contributed by atoms with Crippen LogP contribution in [0.1, 0.15) is 34.0 Å². The maximum absolute atomic E-state index is 13.5. The Morgan fingerprint density at radius 2 is 2.19 bits per heavy atom. The summed E-state index contributed by atoms with van der Waals surface area (Å²) in [4.78, 5) is 26.2. The number of halogens is 1. The number of amides is 1. The van der Waals surface area contributed by atoms with Crippen LogP contribution in [0.3, 0.4) is 0 Å². The molecule has 0 spiro atoms. The summed E-state index contributed by atoms with van der Waals surface area (Å²) in [6, 6.07) is 5.99. The van der Waals surface area contributed by atoms with Crippen LogP contribution in [0, 0.1) is 12.7 Å². The molecule has 142 valence electrons. The molecule has 27 heavy (non-hydrogen) atoms. The zero-order valence-corrected chi connectivity index (χ0v) is 15.2. The fourth-order valence-corrected chi connectivity index (χ4v) is 2.60. The van der Waals surface area contributed by atoms with E-state index >= 15 is 0 Å². The van der Waals surface area contributed by atoms with Crippen LogP contribution in [-0.4, -0.2) is 42.0 Å². The Bertz CT molecular complexity index is 887. The molecule has 1 unspecified atom stereocenters. The number of aryl methyl sites for hydroxylation is 1. The van der Waals surface area contributed by atoms with E-state index in [-0.39, 0.29) is 30.1 Å². The van der Waals surface area contributed by atoms with Gasteiger partial charge in [0.2, 0.25) is 0 Å². The quantitative estimate of drug-likeness (QED) is 0.797. The summed E-state index contributed by atoms with van der Waals surface area (Å²) in [5.41, 5.74) is 2.13. The third-order valence-electron chi connectivity index (χ3n) is 4.03. The fraction of sp³-hybridized carbons (Fsp3) is 0.333. The lowest BCUT2D eigenvalue weighted by Crippen LogP contribution is -2.26. The topological polar surface area (TPSA) is 97.7 Å². The smallest absolute Gasteiger partial charge is 0.270 e. The minimum Gasteiger partial charge on any atom is -0.494 e. The summed E-state index contributed by atoms with van der Waals surface area (Å²) in [7, 11) is 3.16. The van der Waals surface area contributed by atoms with Crippen molar-refractivity contribution in [2.45, 2.75) is 26.1 Å². The molecule has 2 N–H and O–H groups in total. The number of methoxy groups -OCH3 is 1. The van der Waals surface area contributed by atoms with Crippen molar-refractivity contribution in [3.8, 4) is 5.75 Å². The molecule has 0 saturated carbocycles. The van der Waals surface area contributed by atoms with Crippen LogP contribution < -0.4 is 15.4 Å². The minimum atomic E-state index is -0.455. The Morgan fingerprint density at radius 1 is 1.37 bits per heavy atom. The molecular weight excluding hydrogens is 353 g/mol. The number of nitrogens with zero attached hydrogens (tertiary/aromatic N) is 3. The SMILES string of the molecule is CNC1CC(c2cc(C(=O)NCc3ccc(F)c(OC)c3)nc(C)n2)=NO1. The highest BCUT2D eigenvalue weighted by molar-refractivity contribution is 6.01. The van der Waals surface area contributed by atoms with E-state index in [2.05, 4.69) is 25.8 Å². The van der Waals surface area contributed by atoms with E-state index in [1.807, 2.05) is 0 Å². The molecule has 1 aliphatic heterocycles. The number of benzene rings is 1. The Hall–Kier alpha value is -3.07. The summed E-state index contributed by atoms with van der Waals surface area (Å²) in [5.74, 6) is -0.241. The van der Waals surface area contributed by atoms with Crippen LogP contribution in [0.15, 0.2) is 29.4 Å². The molecule has 0 radical (unpaired) electrons. The number of hydrogen-bond acceptors (Lipinski definition) is 7. The van der Waals surface area contributed by atoms with E-state index < -0.39 is 5.82 Å². The lowest BCUT2D eigenvalue weighted by Gasteiger charge is -2.09. The first-order chi connectivity index (χ1) is 13.0. The summed E-state index contributed by atoms with van der Waals surface area (Å²) in [6.07, 6.45) is 0.338. The number of aromatic nitrogens is 2. The first-order valence-corrected chi connectivity index (χ1v) is 8.36. The normalized spacial score (nSPS) is 15.9. The third kappa shape index (κ3) is 4.37. The molecule has 2 aromatic rings. The highest BCUT2D eigenvalue weighted by Gasteiger charge is 2.23. The Labute approximate surface area is 155 Å². The third-order valence-corrected chi connectivity index (χ3v) is 4.03. The van der Waals surface area contributed by atoms with E-state index in [0.717, 1.165) is 0 Å². The van der Waals surface area contributed by atoms with Crippen molar-refractivity contribution in [1.82, 2.24) is 20.6 Å². The molecule has 1 aromatic carbocycles. The summed E-state index contributed by atoms with van der Waals surface area (Å²) in [6.45, 7) is 1.91. The molecule has 2 heterocycles. The molecular formula is C18H20FN5O3. The van der Waals surface area contributed by atoms with E-state index in [9.17, 15) is 9.18 Å². The number of ether oxygens (including phenoxy) is 1. The van der Waals surface area contributed by atoms with Crippen LogP contribution in [0.4, 0.5) is 4.39 Å². The Morgan fingerprint density at radius 3 is 2.89 bits per heavy atom.